The second-order valence-electron chi connectivity index (χ2n) is 6.33. The van der Waals surface area contributed by atoms with Crippen molar-refractivity contribution in [1.82, 2.24) is 4.90 Å². The third-order valence-corrected chi connectivity index (χ3v) is 4.00. The topological polar surface area (TPSA) is 46.6 Å². The van der Waals surface area contributed by atoms with E-state index < -0.39 is 5.97 Å². The van der Waals surface area contributed by atoms with Gasteiger partial charge in [0.1, 0.15) is 6.42 Å². The number of nitrogens with zero attached hydrogens (tertiary/aromatic N) is 1. The van der Waals surface area contributed by atoms with Crippen molar-refractivity contribution in [3.8, 4) is 0 Å². The summed E-state index contributed by atoms with van der Waals surface area (Å²) in [5.74, 6) is -0.462. The van der Waals surface area contributed by atoms with Gasteiger partial charge in [-0.15, -0.1) is 0 Å². The molecule has 19 heavy (non-hydrogen) atoms. The van der Waals surface area contributed by atoms with Crippen LogP contribution in [0, 0.1) is 5.41 Å². The van der Waals surface area contributed by atoms with Crippen LogP contribution in [0.2, 0.25) is 0 Å². The molecule has 0 aromatic carbocycles. The van der Waals surface area contributed by atoms with Crippen LogP contribution in [0.4, 0.5) is 0 Å². The lowest BCUT2D eigenvalue weighted by Crippen LogP contribution is -2.40. The molecule has 0 aromatic heterocycles. The Balaban J connectivity index is 2.33. The maximum absolute atomic E-state index is 11.8. The Morgan fingerprint density at radius 1 is 1.26 bits per heavy atom. The Labute approximate surface area is 116 Å². The highest BCUT2D eigenvalue weighted by Gasteiger charge is 2.29. The molecule has 1 rings (SSSR count). The summed E-state index contributed by atoms with van der Waals surface area (Å²) >= 11 is 0. The van der Waals surface area contributed by atoms with Crippen molar-refractivity contribution in [2.75, 3.05) is 20.2 Å². The molecule has 0 unspecified atom stereocenters. The summed E-state index contributed by atoms with van der Waals surface area (Å²) in [7, 11) is 1.98. The number of carbonyl (C=O) groups excluding carboxylic acids is 2. The maximum Gasteiger partial charge on any atom is 0.313 e. The summed E-state index contributed by atoms with van der Waals surface area (Å²) in [5, 5.41) is 0. The van der Waals surface area contributed by atoms with E-state index in [0.717, 1.165) is 12.8 Å². The summed E-state index contributed by atoms with van der Waals surface area (Å²) in [5.41, 5.74) is 0.437. The van der Waals surface area contributed by atoms with Crippen LogP contribution in [0.1, 0.15) is 52.9 Å². The van der Waals surface area contributed by atoms with E-state index in [1.807, 2.05) is 7.05 Å². The van der Waals surface area contributed by atoms with Crippen LogP contribution in [0.15, 0.2) is 0 Å². The van der Waals surface area contributed by atoms with Gasteiger partial charge in [0, 0.05) is 6.04 Å². The number of ether oxygens (including phenoxy) is 1. The average Bonchev–Trinajstić information content (AvgIpc) is 2.28. The van der Waals surface area contributed by atoms with Gasteiger partial charge in [0.2, 0.25) is 0 Å². The fourth-order valence-electron chi connectivity index (χ4n) is 2.66. The van der Waals surface area contributed by atoms with Gasteiger partial charge in [0.05, 0.1) is 13.2 Å². The van der Waals surface area contributed by atoms with Crippen molar-refractivity contribution in [1.29, 1.82) is 0 Å². The van der Waals surface area contributed by atoms with Crippen molar-refractivity contribution >= 4 is 11.8 Å². The molecule has 0 saturated heterocycles. The molecular formula is C15H27NO3. The van der Waals surface area contributed by atoms with Gasteiger partial charge in [-0.1, -0.05) is 13.8 Å². The first-order valence-corrected chi connectivity index (χ1v) is 7.21. The zero-order chi connectivity index (χ0) is 14.5. The lowest BCUT2D eigenvalue weighted by atomic mass is 9.75. The first-order chi connectivity index (χ1) is 8.84. The van der Waals surface area contributed by atoms with E-state index in [-0.39, 0.29) is 12.2 Å². The molecular weight excluding hydrogens is 242 g/mol. The standard InChI is InChI=1S/C15H27NO3/c1-5-19-14(18)10-13(17)11-16(4)12-6-8-15(2,3)9-7-12/h12H,5-11H2,1-4H3. The molecule has 0 aliphatic heterocycles. The summed E-state index contributed by atoms with van der Waals surface area (Å²) in [6.45, 7) is 7.03. The largest absolute Gasteiger partial charge is 0.466 e. The summed E-state index contributed by atoms with van der Waals surface area (Å²) in [4.78, 5) is 25.1. The molecule has 0 N–H and O–H groups in total. The normalized spacial score (nSPS) is 19.4. The maximum atomic E-state index is 11.8. The lowest BCUT2D eigenvalue weighted by Gasteiger charge is -2.38. The number of ketones is 1. The summed E-state index contributed by atoms with van der Waals surface area (Å²) in [6, 6.07) is 0.471. The third kappa shape index (κ3) is 5.72. The van der Waals surface area contributed by atoms with Gasteiger partial charge in [-0.2, -0.15) is 0 Å². The van der Waals surface area contributed by atoms with Crippen LogP contribution in [-0.4, -0.2) is 42.9 Å². The molecule has 4 heteroatoms. The fourth-order valence-corrected chi connectivity index (χ4v) is 2.66. The number of hydrogen-bond donors (Lipinski definition) is 0. The molecule has 0 radical (unpaired) electrons. The number of carbonyl (C=O) groups is 2. The van der Waals surface area contributed by atoms with Gasteiger partial charge in [0.25, 0.3) is 0 Å². The van der Waals surface area contributed by atoms with Crippen LogP contribution in [0.25, 0.3) is 0 Å². The second-order valence-corrected chi connectivity index (χ2v) is 6.33. The number of rotatable bonds is 6. The highest BCUT2D eigenvalue weighted by atomic mass is 16.5. The van der Waals surface area contributed by atoms with Gasteiger partial charge >= 0.3 is 5.97 Å². The quantitative estimate of drug-likeness (QED) is 0.549. The Morgan fingerprint density at radius 3 is 2.37 bits per heavy atom. The van der Waals surface area contributed by atoms with E-state index in [1.54, 1.807) is 6.92 Å². The highest BCUT2D eigenvalue weighted by molar-refractivity contribution is 5.96. The molecule has 1 aliphatic rings. The Kier molecular flexibility index (Phi) is 5.98. The first-order valence-electron chi connectivity index (χ1n) is 7.21. The number of esters is 1. The van der Waals surface area contributed by atoms with Crippen LogP contribution in [0.3, 0.4) is 0 Å². The molecule has 0 spiro atoms. The van der Waals surface area contributed by atoms with Crippen molar-refractivity contribution < 1.29 is 14.3 Å². The van der Waals surface area contributed by atoms with E-state index in [4.69, 9.17) is 4.74 Å². The average molecular weight is 269 g/mol. The van der Waals surface area contributed by atoms with Gasteiger partial charge in [0.15, 0.2) is 5.78 Å². The first kappa shape index (κ1) is 16.2. The molecule has 1 fully saturated rings. The molecule has 1 aliphatic carbocycles. The monoisotopic (exact) mass is 269 g/mol. The minimum absolute atomic E-state index is 0.0502. The molecule has 0 bridgehead atoms. The van der Waals surface area contributed by atoms with Crippen LogP contribution >= 0.6 is 0 Å². The SMILES string of the molecule is CCOC(=O)CC(=O)CN(C)C1CCC(C)(C)CC1. The molecule has 0 atom stereocenters. The lowest BCUT2D eigenvalue weighted by molar-refractivity contribution is -0.145. The predicted octanol–water partition coefficient (Wildman–Crippen LogP) is 2.41. The number of Topliss-reactive ketones (excluding diaryl/α,β-unsaturated/α-hetero) is 1. The fraction of sp³-hybridized carbons (Fsp3) is 0.867. The third-order valence-electron chi connectivity index (χ3n) is 4.00. The van der Waals surface area contributed by atoms with Crippen molar-refractivity contribution in [2.45, 2.75) is 58.9 Å². The van der Waals surface area contributed by atoms with Gasteiger partial charge in [-0.3, -0.25) is 14.5 Å². The summed E-state index contributed by atoms with van der Waals surface area (Å²) < 4.78 is 4.79. The predicted molar refractivity (Wildman–Crippen MR) is 74.9 cm³/mol. The Morgan fingerprint density at radius 2 is 1.84 bits per heavy atom. The van der Waals surface area contributed by atoms with Gasteiger partial charge in [-0.25, -0.2) is 0 Å². The van der Waals surface area contributed by atoms with Crippen molar-refractivity contribution in [3.05, 3.63) is 0 Å². The molecule has 0 aromatic rings. The van der Waals surface area contributed by atoms with Crippen molar-refractivity contribution in [2.24, 2.45) is 5.41 Å². The molecule has 0 amide bonds. The zero-order valence-electron chi connectivity index (χ0n) is 12.7. The number of likely N-dealkylation sites (N-methyl/N-ethyl adjacent to an activating group) is 1. The second kappa shape index (κ2) is 7.04. The van der Waals surface area contributed by atoms with Crippen LogP contribution in [-0.2, 0) is 14.3 Å². The highest BCUT2D eigenvalue weighted by Crippen LogP contribution is 2.36. The Hall–Kier alpha value is -0.900. The molecule has 0 heterocycles. The van der Waals surface area contributed by atoms with E-state index in [2.05, 4.69) is 18.7 Å². The van der Waals surface area contributed by atoms with Gasteiger partial charge < -0.3 is 4.74 Å². The number of hydrogen-bond acceptors (Lipinski definition) is 4. The minimum atomic E-state index is -0.411. The smallest absolute Gasteiger partial charge is 0.313 e. The van der Waals surface area contributed by atoms with Crippen molar-refractivity contribution in [3.63, 3.8) is 0 Å². The minimum Gasteiger partial charge on any atom is -0.466 e. The molecule has 4 nitrogen and oxygen atoms in total. The van der Waals surface area contributed by atoms with Gasteiger partial charge in [-0.05, 0) is 45.1 Å². The zero-order valence-corrected chi connectivity index (χ0v) is 12.7. The Bertz CT molecular complexity index is 315. The van der Waals surface area contributed by atoms with E-state index in [0.29, 0.717) is 24.6 Å². The molecule has 1 saturated carbocycles. The van der Waals surface area contributed by atoms with E-state index in [9.17, 15) is 9.59 Å². The summed E-state index contributed by atoms with van der Waals surface area (Å²) in [6.07, 6.45) is 4.57. The van der Waals surface area contributed by atoms with E-state index >= 15 is 0 Å². The molecule has 110 valence electrons. The van der Waals surface area contributed by atoms with E-state index in [1.165, 1.54) is 12.8 Å². The van der Waals surface area contributed by atoms with Crippen LogP contribution in [0.5, 0.6) is 0 Å². The van der Waals surface area contributed by atoms with Crippen LogP contribution < -0.4 is 0 Å².